The van der Waals surface area contributed by atoms with E-state index < -0.39 is 0 Å². The lowest BCUT2D eigenvalue weighted by Gasteiger charge is -2.56. The molecule has 3 saturated heterocycles. The van der Waals surface area contributed by atoms with E-state index in [0.717, 1.165) is 36.8 Å². The lowest BCUT2D eigenvalue weighted by molar-refractivity contribution is -0.0101. The minimum absolute atomic E-state index is 0.588. The third-order valence-electron chi connectivity index (χ3n) is 5.39. The molecule has 1 aromatic carbocycles. The molecule has 2 aromatic heterocycles. The maximum Gasteiger partial charge on any atom is 0.206 e. The van der Waals surface area contributed by atoms with Crippen molar-refractivity contribution in [2.45, 2.75) is 25.0 Å². The molecule has 0 radical (unpaired) electrons. The Balaban J connectivity index is 1.35. The summed E-state index contributed by atoms with van der Waals surface area (Å²) in [6.45, 7) is 2.97. The number of hydrogen-bond donors (Lipinski definition) is 0. The van der Waals surface area contributed by atoms with Gasteiger partial charge in [0.1, 0.15) is 0 Å². The van der Waals surface area contributed by atoms with Gasteiger partial charge in [0.25, 0.3) is 0 Å². The van der Waals surface area contributed by atoms with Gasteiger partial charge in [-0.1, -0.05) is 17.3 Å². The van der Waals surface area contributed by atoms with Crippen LogP contribution in [0.4, 0.5) is 5.95 Å². The normalized spacial score (nSPS) is 23.7. The van der Waals surface area contributed by atoms with Crippen LogP contribution in [-0.2, 0) is 20.6 Å². The molecule has 5 heterocycles. The molecule has 7 heteroatoms. The van der Waals surface area contributed by atoms with Gasteiger partial charge in [-0.15, -0.1) is 5.10 Å². The number of rotatable bonds is 3. The molecular weight excluding hydrogens is 302 g/mol. The fourth-order valence-electron chi connectivity index (χ4n) is 4.18. The van der Waals surface area contributed by atoms with E-state index >= 15 is 0 Å². The van der Waals surface area contributed by atoms with Gasteiger partial charge in [-0.25, -0.2) is 4.98 Å². The Morgan fingerprint density at radius 1 is 1.12 bits per heavy atom. The Bertz CT molecular complexity index is 883. The minimum Gasteiger partial charge on any atom is -0.339 e. The summed E-state index contributed by atoms with van der Waals surface area (Å²) in [5.74, 6) is 1.09. The van der Waals surface area contributed by atoms with E-state index in [0.29, 0.717) is 12.1 Å². The first-order chi connectivity index (χ1) is 11.7. The van der Waals surface area contributed by atoms with E-state index in [1.165, 1.54) is 11.9 Å². The quantitative estimate of drug-likeness (QED) is 0.724. The highest BCUT2D eigenvalue weighted by molar-refractivity contribution is 5.78. The van der Waals surface area contributed by atoms with Gasteiger partial charge in [0.2, 0.25) is 5.95 Å². The summed E-state index contributed by atoms with van der Waals surface area (Å²) in [6.07, 6.45) is 3.29. The number of piperidine rings is 1. The number of imidazole rings is 1. The van der Waals surface area contributed by atoms with Crippen molar-refractivity contribution in [3.63, 3.8) is 0 Å². The van der Waals surface area contributed by atoms with Crippen LogP contribution in [0, 0.1) is 0 Å². The Morgan fingerprint density at radius 3 is 2.62 bits per heavy atom. The SMILES string of the molecule is Cn1cc(CN2C3CC2CN(c2nc4ccccc4n2C)C3)nn1. The van der Waals surface area contributed by atoms with Crippen LogP contribution in [-0.4, -0.2) is 54.6 Å². The van der Waals surface area contributed by atoms with E-state index in [9.17, 15) is 0 Å². The molecule has 7 nitrogen and oxygen atoms in total. The van der Waals surface area contributed by atoms with Crippen LogP contribution >= 0.6 is 0 Å². The van der Waals surface area contributed by atoms with Crippen molar-refractivity contribution in [1.29, 1.82) is 0 Å². The average molecular weight is 323 g/mol. The summed E-state index contributed by atoms with van der Waals surface area (Å²) in [5, 5.41) is 8.26. The molecular formula is C17H21N7. The molecule has 3 aliphatic heterocycles. The number of aromatic nitrogens is 5. The van der Waals surface area contributed by atoms with Crippen LogP contribution in [0.1, 0.15) is 12.1 Å². The largest absolute Gasteiger partial charge is 0.339 e. The second-order valence-corrected chi connectivity index (χ2v) is 6.96. The Morgan fingerprint density at radius 2 is 1.92 bits per heavy atom. The lowest BCUT2D eigenvalue weighted by atomic mass is 9.87. The van der Waals surface area contributed by atoms with Gasteiger partial charge < -0.3 is 9.47 Å². The van der Waals surface area contributed by atoms with Crippen LogP contribution < -0.4 is 4.90 Å². The molecule has 0 aliphatic carbocycles. The average Bonchev–Trinajstić information content (AvgIpc) is 3.17. The predicted molar refractivity (Wildman–Crippen MR) is 91.7 cm³/mol. The Hall–Kier alpha value is -2.41. The van der Waals surface area contributed by atoms with Crippen molar-refractivity contribution < 1.29 is 0 Å². The minimum atomic E-state index is 0.588. The van der Waals surface area contributed by atoms with Gasteiger partial charge >= 0.3 is 0 Å². The highest BCUT2D eigenvalue weighted by Gasteiger charge is 2.45. The molecule has 0 saturated carbocycles. The number of benzene rings is 1. The van der Waals surface area contributed by atoms with Crippen molar-refractivity contribution >= 4 is 17.0 Å². The molecule has 124 valence electrons. The number of fused-ring (bicyclic) bond motifs is 3. The topological polar surface area (TPSA) is 55.0 Å². The molecule has 2 unspecified atom stereocenters. The van der Waals surface area contributed by atoms with Gasteiger partial charge in [0.05, 0.1) is 16.7 Å². The summed E-state index contributed by atoms with van der Waals surface area (Å²) in [4.78, 5) is 9.84. The molecule has 24 heavy (non-hydrogen) atoms. The lowest BCUT2D eigenvalue weighted by Crippen LogP contribution is -2.68. The number of piperazine rings is 1. The van der Waals surface area contributed by atoms with Crippen molar-refractivity contribution in [2.75, 3.05) is 18.0 Å². The van der Waals surface area contributed by atoms with Gasteiger partial charge in [0.15, 0.2) is 0 Å². The zero-order chi connectivity index (χ0) is 16.3. The van der Waals surface area contributed by atoms with Crippen LogP contribution in [0.25, 0.3) is 11.0 Å². The monoisotopic (exact) mass is 323 g/mol. The fraction of sp³-hybridized carbons (Fsp3) is 0.471. The summed E-state index contributed by atoms with van der Waals surface area (Å²) < 4.78 is 3.99. The summed E-state index contributed by atoms with van der Waals surface area (Å²) in [5.41, 5.74) is 3.33. The van der Waals surface area contributed by atoms with E-state index in [1.54, 1.807) is 4.68 Å². The zero-order valence-electron chi connectivity index (χ0n) is 14.0. The van der Waals surface area contributed by atoms with E-state index in [1.807, 2.05) is 13.2 Å². The molecule has 2 atom stereocenters. The first-order valence-corrected chi connectivity index (χ1v) is 8.46. The standard InChI is InChI=1S/C17H21N7/c1-21-8-12(19-20-21)9-24-13-7-14(24)11-23(10-13)17-18-15-5-3-4-6-16(15)22(17)2/h3-6,8,13-14H,7,9-11H2,1-2H3. The maximum absolute atomic E-state index is 4.85. The van der Waals surface area contributed by atoms with E-state index in [2.05, 4.69) is 56.0 Å². The number of aryl methyl sites for hydroxylation is 2. The summed E-state index contributed by atoms with van der Waals surface area (Å²) >= 11 is 0. The number of anilines is 1. The van der Waals surface area contributed by atoms with Gasteiger partial charge in [-0.3, -0.25) is 9.58 Å². The van der Waals surface area contributed by atoms with Crippen molar-refractivity contribution in [2.24, 2.45) is 14.1 Å². The second-order valence-electron chi connectivity index (χ2n) is 6.96. The Labute approximate surface area is 140 Å². The highest BCUT2D eigenvalue weighted by Crippen LogP contribution is 2.35. The summed E-state index contributed by atoms with van der Waals surface area (Å²) in [7, 11) is 4.03. The van der Waals surface area contributed by atoms with Gasteiger partial charge in [0, 0.05) is 52.0 Å². The first-order valence-electron chi connectivity index (χ1n) is 8.46. The Kier molecular flexibility index (Phi) is 2.94. The van der Waals surface area contributed by atoms with Crippen LogP contribution in [0.15, 0.2) is 30.5 Å². The molecule has 3 aliphatic rings. The number of nitrogens with zero attached hydrogens (tertiary/aromatic N) is 7. The molecule has 6 rings (SSSR count). The van der Waals surface area contributed by atoms with E-state index in [-0.39, 0.29) is 0 Å². The van der Waals surface area contributed by atoms with E-state index in [4.69, 9.17) is 4.98 Å². The van der Waals surface area contributed by atoms with Crippen LogP contribution in [0.5, 0.6) is 0 Å². The zero-order valence-corrected chi connectivity index (χ0v) is 14.0. The maximum atomic E-state index is 4.85. The third kappa shape index (κ3) is 2.04. The summed E-state index contributed by atoms with van der Waals surface area (Å²) in [6, 6.07) is 9.52. The smallest absolute Gasteiger partial charge is 0.206 e. The number of para-hydroxylation sites is 2. The molecule has 0 spiro atoms. The van der Waals surface area contributed by atoms with Crippen molar-refractivity contribution in [3.8, 4) is 0 Å². The molecule has 0 N–H and O–H groups in total. The third-order valence-corrected chi connectivity index (χ3v) is 5.39. The second kappa shape index (κ2) is 5.04. The molecule has 3 fully saturated rings. The predicted octanol–water partition coefficient (Wildman–Crippen LogP) is 1.16. The molecule has 2 bridgehead atoms. The molecule has 0 amide bonds. The first kappa shape index (κ1) is 14.0. The van der Waals surface area contributed by atoms with Crippen molar-refractivity contribution in [1.82, 2.24) is 29.4 Å². The highest BCUT2D eigenvalue weighted by atomic mass is 15.4. The van der Waals surface area contributed by atoms with Crippen LogP contribution in [0.2, 0.25) is 0 Å². The van der Waals surface area contributed by atoms with Gasteiger partial charge in [-0.05, 0) is 18.6 Å². The molecule has 3 aromatic rings. The van der Waals surface area contributed by atoms with Gasteiger partial charge in [-0.2, -0.15) is 0 Å². The van der Waals surface area contributed by atoms with Crippen LogP contribution in [0.3, 0.4) is 0 Å². The van der Waals surface area contributed by atoms with Crippen molar-refractivity contribution in [3.05, 3.63) is 36.2 Å². The number of hydrogen-bond acceptors (Lipinski definition) is 5. The fourth-order valence-corrected chi connectivity index (χ4v) is 4.18.